The molecule has 0 fully saturated rings. The molecule has 20 heavy (non-hydrogen) atoms. The van der Waals surface area contributed by atoms with E-state index in [0.29, 0.717) is 6.47 Å². The fraction of sp³-hybridized carbons (Fsp3) is 0.118. The van der Waals surface area contributed by atoms with Crippen LogP contribution in [0.1, 0.15) is 17.5 Å². The van der Waals surface area contributed by atoms with Crippen LogP contribution in [0.5, 0.6) is 0 Å². The number of aryl methyl sites for hydroxylation is 1. The van der Waals surface area contributed by atoms with Gasteiger partial charge in [0.1, 0.15) is 0 Å². The van der Waals surface area contributed by atoms with Gasteiger partial charge in [-0.3, -0.25) is 4.79 Å². The van der Waals surface area contributed by atoms with Crippen LogP contribution in [0.2, 0.25) is 5.02 Å². The summed E-state index contributed by atoms with van der Waals surface area (Å²) in [6.07, 6.45) is 3.12. The van der Waals surface area contributed by atoms with E-state index < -0.39 is 0 Å². The van der Waals surface area contributed by atoms with Crippen LogP contribution in [-0.2, 0) is 16.0 Å². The molecule has 0 aromatic heterocycles. The molecule has 0 unspecified atom stereocenters. The summed E-state index contributed by atoms with van der Waals surface area (Å²) in [5, 5.41) is 0.733. The number of allylic oxidation sites excluding steroid dienone is 1. The summed E-state index contributed by atoms with van der Waals surface area (Å²) < 4.78 is 4.79. The van der Waals surface area contributed by atoms with Crippen LogP contribution in [-0.4, -0.2) is 6.47 Å². The number of carbonyl (C=O) groups is 1. The molecule has 0 saturated heterocycles. The lowest BCUT2D eigenvalue weighted by Gasteiger charge is -2.07. The zero-order valence-corrected chi connectivity index (χ0v) is 11.7. The molecule has 0 aliphatic heterocycles. The third-order valence-electron chi connectivity index (χ3n) is 2.98. The highest BCUT2D eigenvalue weighted by atomic mass is 35.5. The standard InChI is InChI=1S/C17H15ClO2/c18-17-8-4-5-14(11-17)9-10-16(12-20-13-19)15-6-2-1-3-7-15/h1-8,11-13H,9-10H2. The SMILES string of the molecule is O=COC=C(CCc1cccc(Cl)c1)c1ccccc1. The fourth-order valence-corrected chi connectivity index (χ4v) is 2.22. The second kappa shape index (κ2) is 7.51. The number of hydrogen-bond acceptors (Lipinski definition) is 2. The summed E-state index contributed by atoms with van der Waals surface area (Å²) in [6.45, 7) is 0.433. The summed E-state index contributed by atoms with van der Waals surface area (Å²) in [5.74, 6) is 0. The average molecular weight is 287 g/mol. The van der Waals surface area contributed by atoms with E-state index >= 15 is 0 Å². The molecule has 0 spiro atoms. The minimum atomic E-state index is 0.433. The summed E-state index contributed by atoms with van der Waals surface area (Å²) in [7, 11) is 0. The van der Waals surface area contributed by atoms with Crippen molar-refractivity contribution in [2.45, 2.75) is 12.8 Å². The Morgan fingerprint density at radius 2 is 1.90 bits per heavy atom. The molecule has 0 atom stereocenters. The maximum absolute atomic E-state index is 10.4. The molecule has 3 heteroatoms. The Kier molecular flexibility index (Phi) is 5.39. The Morgan fingerprint density at radius 1 is 1.10 bits per heavy atom. The van der Waals surface area contributed by atoms with Gasteiger partial charge in [0.2, 0.25) is 0 Å². The van der Waals surface area contributed by atoms with Gasteiger partial charge in [-0.25, -0.2) is 0 Å². The lowest BCUT2D eigenvalue weighted by molar-refractivity contribution is -0.123. The molecule has 2 rings (SSSR count). The van der Waals surface area contributed by atoms with Crippen molar-refractivity contribution in [3.8, 4) is 0 Å². The van der Waals surface area contributed by atoms with Crippen molar-refractivity contribution in [2.24, 2.45) is 0 Å². The first-order valence-corrected chi connectivity index (χ1v) is 6.75. The van der Waals surface area contributed by atoms with Crippen molar-refractivity contribution in [3.05, 3.63) is 77.0 Å². The van der Waals surface area contributed by atoms with Crippen LogP contribution < -0.4 is 0 Å². The monoisotopic (exact) mass is 286 g/mol. The van der Waals surface area contributed by atoms with E-state index in [0.717, 1.165) is 34.6 Å². The zero-order valence-electron chi connectivity index (χ0n) is 11.0. The maximum atomic E-state index is 10.4. The Morgan fingerprint density at radius 3 is 2.60 bits per heavy atom. The van der Waals surface area contributed by atoms with Gasteiger partial charge in [0.25, 0.3) is 6.47 Å². The van der Waals surface area contributed by atoms with E-state index in [9.17, 15) is 4.79 Å². The quantitative estimate of drug-likeness (QED) is 0.578. The number of halogens is 1. The highest BCUT2D eigenvalue weighted by molar-refractivity contribution is 6.30. The molecular formula is C17H15ClO2. The van der Waals surface area contributed by atoms with Gasteiger partial charge in [0.15, 0.2) is 0 Å². The van der Waals surface area contributed by atoms with Gasteiger partial charge >= 0.3 is 0 Å². The van der Waals surface area contributed by atoms with E-state index in [1.54, 1.807) is 0 Å². The number of ether oxygens (including phenoxy) is 1. The first kappa shape index (κ1) is 14.4. The van der Waals surface area contributed by atoms with Crippen LogP contribution in [0.25, 0.3) is 5.57 Å². The molecule has 0 N–H and O–H groups in total. The second-order valence-electron chi connectivity index (χ2n) is 4.37. The molecule has 2 aromatic rings. The average Bonchev–Trinajstić information content (AvgIpc) is 2.48. The minimum Gasteiger partial charge on any atom is -0.436 e. The molecule has 2 nitrogen and oxygen atoms in total. The van der Waals surface area contributed by atoms with Crippen LogP contribution in [0.15, 0.2) is 60.9 Å². The van der Waals surface area contributed by atoms with Crippen LogP contribution >= 0.6 is 11.6 Å². The third-order valence-corrected chi connectivity index (χ3v) is 3.22. The summed E-state index contributed by atoms with van der Waals surface area (Å²) in [6, 6.07) is 17.7. The largest absolute Gasteiger partial charge is 0.436 e. The van der Waals surface area contributed by atoms with Crippen LogP contribution in [0.3, 0.4) is 0 Å². The van der Waals surface area contributed by atoms with Crippen molar-refractivity contribution >= 4 is 23.6 Å². The predicted octanol–water partition coefficient (Wildman–Crippen LogP) is 4.49. The highest BCUT2D eigenvalue weighted by Gasteiger charge is 2.03. The Hall–Kier alpha value is -2.06. The molecule has 0 radical (unpaired) electrons. The van der Waals surface area contributed by atoms with Gasteiger partial charge in [-0.2, -0.15) is 0 Å². The molecule has 0 aliphatic rings. The lowest BCUT2D eigenvalue weighted by atomic mass is 9.99. The van der Waals surface area contributed by atoms with Gasteiger partial charge < -0.3 is 4.74 Å². The first-order valence-electron chi connectivity index (χ1n) is 6.37. The minimum absolute atomic E-state index is 0.433. The molecule has 2 aromatic carbocycles. The van der Waals surface area contributed by atoms with Gasteiger partial charge in [0.05, 0.1) is 6.26 Å². The van der Waals surface area contributed by atoms with Gasteiger partial charge in [-0.05, 0) is 41.7 Å². The Labute approximate surface area is 123 Å². The van der Waals surface area contributed by atoms with Crippen molar-refractivity contribution in [3.63, 3.8) is 0 Å². The molecule has 0 aliphatic carbocycles. The molecule has 0 amide bonds. The van der Waals surface area contributed by atoms with E-state index in [4.69, 9.17) is 16.3 Å². The summed E-state index contributed by atoms with van der Waals surface area (Å²) in [5.41, 5.74) is 3.19. The summed E-state index contributed by atoms with van der Waals surface area (Å²) in [4.78, 5) is 10.4. The van der Waals surface area contributed by atoms with Crippen molar-refractivity contribution in [1.29, 1.82) is 0 Å². The Balaban J connectivity index is 2.11. The molecule has 102 valence electrons. The van der Waals surface area contributed by atoms with Crippen LogP contribution in [0.4, 0.5) is 0 Å². The van der Waals surface area contributed by atoms with Gasteiger partial charge in [-0.15, -0.1) is 0 Å². The normalized spacial score (nSPS) is 11.2. The van der Waals surface area contributed by atoms with E-state index in [1.807, 2.05) is 54.6 Å². The third kappa shape index (κ3) is 4.25. The Bertz CT molecular complexity index is 591. The van der Waals surface area contributed by atoms with Crippen LogP contribution in [0, 0.1) is 0 Å². The second-order valence-corrected chi connectivity index (χ2v) is 4.81. The smallest absolute Gasteiger partial charge is 0.297 e. The number of hydrogen-bond donors (Lipinski definition) is 0. The predicted molar refractivity (Wildman–Crippen MR) is 81.3 cm³/mol. The van der Waals surface area contributed by atoms with E-state index in [-0.39, 0.29) is 0 Å². The number of carbonyl (C=O) groups excluding carboxylic acids is 1. The molecule has 0 heterocycles. The van der Waals surface area contributed by atoms with Crippen molar-refractivity contribution in [2.75, 3.05) is 0 Å². The van der Waals surface area contributed by atoms with Crippen molar-refractivity contribution < 1.29 is 9.53 Å². The zero-order chi connectivity index (χ0) is 14.2. The van der Waals surface area contributed by atoms with Gasteiger partial charge in [-0.1, -0.05) is 54.1 Å². The highest BCUT2D eigenvalue weighted by Crippen LogP contribution is 2.21. The lowest BCUT2D eigenvalue weighted by Crippen LogP contribution is -1.91. The summed E-state index contributed by atoms with van der Waals surface area (Å²) >= 11 is 5.98. The first-order chi connectivity index (χ1) is 9.79. The fourth-order valence-electron chi connectivity index (χ4n) is 2.00. The molecular weight excluding hydrogens is 272 g/mol. The van der Waals surface area contributed by atoms with E-state index in [2.05, 4.69) is 0 Å². The number of rotatable bonds is 6. The van der Waals surface area contributed by atoms with Crippen molar-refractivity contribution in [1.82, 2.24) is 0 Å². The molecule has 0 saturated carbocycles. The topological polar surface area (TPSA) is 26.3 Å². The maximum Gasteiger partial charge on any atom is 0.297 e. The van der Waals surface area contributed by atoms with Gasteiger partial charge in [0, 0.05) is 5.02 Å². The van der Waals surface area contributed by atoms with E-state index in [1.165, 1.54) is 6.26 Å². The molecule has 0 bridgehead atoms. The number of benzene rings is 2.